The van der Waals surface area contributed by atoms with Gasteiger partial charge in [0.15, 0.2) is 5.69 Å². The Morgan fingerprint density at radius 3 is 2.49 bits per heavy atom. The Bertz CT molecular complexity index is 1060. The van der Waals surface area contributed by atoms with Crippen LogP contribution in [0.5, 0.6) is 0 Å². The number of nitrogens with one attached hydrogen (secondary N) is 1. The van der Waals surface area contributed by atoms with Gasteiger partial charge in [-0.25, -0.2) is 0 Å². The molecule has 1 saturated carbocycles. The predicted octanol–water partition coefficient (Wildman–Crippen LogP) is 3.37. The van der Waals surface area contributed by atoms with Crippen LogP contribution in [-0.2, 0) is 17.9 Å². The van der Waals surface area contributed by atoms with Gasteiger partial charge in [0, 0.05) is 38.3 Å². The SMILES string of the molecule is O=C(NC1CCCCC1)[C@H]1CCCCN1C(=O)c1cc2n(n1)CCCN(Cc1ccccc1)C2=O. The third kappa shape index (κ3) is 5.26. The number of piperidine rings is 1. The van der Waals surface area contributed by atoms with Gasteiger partial charge >= 0.3 is 0 Å². The zero-order valence-electron chi connectivity index (χ0n) is 20.3. The first-order valence-corrected chi connectivity index (χ1v) is 13.1. The lowest BCUT2D eigenvalue weighted by Gasteiger charge is -2.35. The molecule has 3 aliphatic rings. The average Bonchev–Trinajstić information content (AvgIpc) is 3.27. The molecule has 3 heterocycles. The minimum absolute atomic E-state index is 0.0455. The van der Waals surface area contributed by atoms with Crippen molar-refractivity contribution in [1.82, 2.24) is 24.9 Å². The van der Waals surface area contributed by atoms with Crippen molar-refractivity contribution in [3.8, 4) is 0 Å². The summed E-state index contributed by atoms with van der Waals surface area (Å²) >= 11 is 0. The van der Waals surface area contributed by atoms with Crippen LogP contribution in [0.4, 0.5) is 0 Å². The molecule has 1 atom stereocenters. The number of amides is 3. The molecule has 5 rings (SSSR count). The highest BCUT2D eigenvalue weighted by Crippen LogP contribution is 2.23. The van der Waals surface area contributed by atoms with Gasteiger partial charge in [-0.3, -0.25) is 19.1 Å². The van der Waals surface area contributed by atoms with E-state index in [2.05, 4.69) is 10.4 Å². The summed E-state index contributed by atoms with van der Waals surface area (Å²) in [5, 5.41) is 7.73. The molecule has 1 N–H and O–H groups in total. The molecule has 8 nitrogen and oxygen atoms in total. The van der Waals surface area contributed by atoms with E-state index in [1.165, 1.54) is 6.42 Å². The van der Waals surface area contributed by atoms with Gasteiger partial charge in [0.2, 0.25) is 5.91 Å². The van der Waals surface area contributed by atoms with Crippen molar-refractivity contribution < 1.29 is 14.4 Å². The molecule has 0 unspecified atom stereocenters. The maximum Gasteiger partial charge on any atom is 0.275 e. The van der Waals surface area contributed by atoms with E-state index >= 15 is 0 Å². The topological polar surface area (TPSA) is 87.5 Å². The molecule has 186 valence electrons. The molecule has 1 aromatic heterocycles. The lowest BCUT2D eigenvalue weighted by Crippen LogP contribution is -2.54. The maximum atomic E-state index is 13.5. The summed E-state index contributed by atoms with van der Waals surface area (Å²) in [6.45, 7) is 2.31. The standard InChI is InChI=1S/C27H35N5O3/c33-25(28-21-12-5-2-6-13-21)23-14-7-8-16-31(23)26(34)22-18-24-27(35)30(15-9-17-32(24)29-22)19-20-10-3-1-4-11-20/h1,3-4,10-11,18,21,23H,2,5-9,12-17,19H2,(H,28,33)/t23-/m1/s1. The van der Waals surface area contributed by atoms with Crippen molar-refractivity contribution in [1.29, 1.82) is 0 Å². The zero-order valence-corrected chi connectivity index (χ0v) is 20.3. The van der Waals surface area contributed by atoms with E-state index in [1.54, 1.807) is 15.6 Å². The molecule has 0 spiro atoms. The van der Waals surface area contributed by atoms with Gasteiger partial charge in [0.1, 0.15) is 11.7 Å². The van der Waals surface area contributed by atoms with Crippen molar-refractivity contribution in [2.75, 3.05) is 13.1 Å². The molecule has 8 heteroatoms. The highest BCUT2D eigenvalue weighted by molar-refractivity contribution is 5.99. The first-order valence-electron chi connectivity index (χ1n) is 13.1. The summed E-state index contributed by atoms with van der Waals surface area (Å²) in [5.74, 6) is -0.407. The molecule has 2 aromatic rings. The molecule has 1 saturated heterocycles. The second-order valence-corrected chi connectivity index (χ2v) is 10.1. The summed E-state index contributed by atoms with van der Waals surface area (Å²) in [5.41, 5.74) is 1.78. The Balaban J connectivity index is 1.31. The Kier molecular flexibility index (Phi) is 7.16. The van der Waals surface area contributed by atoms with Gasteiger partial charge in [-0.15, -0.1) is 0 Å². The molecule has 0 bridgehead atoms. The Morgan fingerprint density at radius 2 is 1.69 bits per heavy atom. The van der Waals surface area contributed by atoms with E-state index in [4.69, 9.17) is 0 Å². The minimum Gasteiger partial charge on any atom is -0.352 e. The van der Waals surface area contributed by atoms with Crippen LogP contribution in [0, 0.1) is 0 Å². The largest absolute Gasteiger partial charge is 0.352 e. The fourth-order valence-electron chi connectivity index (χ4n) is 5.63. The Morgan fingerprint density at radius 1 is 0.914 bits per heavy atom. The molecule has 1 aliphatic carbocycles. The molecule has 3 amide bonds. The molecule has 2 aliphatic heterocycles. The van der Waals surface area contributed by atoms with Gasteiger partial charge in [-0.05, 0) is 44.1 Å². The van der Waals surface area contributed by atoms with Crippen molar-refractivity contribution >= 4 is 17.7 Å². The zero-order chi connectivity index (χ0) is 24.2. The number of nitrogens with zero attached hydrogens (tertiary/aromatic N) is 4. The number of fused-ring (bicyclic) bond motifs is 1. The molecule has 35 heavy (non-hydrogen) atoms. The summed E-state index contributed by atoms with van der Waals surface area (Å²) in [7, 11) is 0. The summed E-state index contributed by atoms with van der Waals surface area (Å²) < 4.78 is 1.67. The summed E-state index contributed by atoms with van der Waals surface area (Å²) in [6.07, 6.45) is 8.80. The van der Waals surface area contributed by atoms with E-state index < -0.39 is 6.04 Å². The van der Waals surface area contributed by atoms with Gasteiger partial charge in [-0.2, -0.15) is 5.10 Å². The van der Waals surface area contributed by atoms with E-state index in [-0.39, 0.29) is 29.5 Å². The monoisotopic (exact) mass is 477 g/mol. The van der Waals surface area contributed by atoms with Crippen molar-refractivity contribution in [2.45, 2.75) is 83.0 Å². The third-order valence-electron chi connectivity index (χ3n) is 7.54. The Hall–Kier alpha value is -3.16. The first-order chi connectivity index (χ1) is 17.1. The van der Waals surface area contributed by atoms with Gasteiger partial charge in [0.05, 0.1) is 0 Å². The molecule has 0 radical (unpaired) electrons. The summed E-state index contributed by atoms with van der Waals surface area (Å²) in [4.78, 5) is 43.5. The number of likely N-dealkylation sites (tertiary alicyclic amines) is 1. The van der Waals surface area contributed by atoms with Gasteiger partial charge < -0.3 is 15.1 Å². The number of carbonyl (C=O) groups is 3. The number of aryl methyl sites for hydroxylation is 1. The van der Waals surface area contributed by atoms with Crippen molar-refractivity contribution in [3.63, 3.8) is 0 Å². The molecular formula is C27H35N5O3. The number of carbonyl (C=O) groups excluding carboxylic acids is 3. The third-order valence-corrected chi connectivity index (χ3v) is 7.54. The lowest BCUT2D eigenvalue weighted by molar-refractivity contribution is -0.127. The molecule has 1 aromatic carbocycles. The first kappa shape index (κ1) is 23.6. The van der Waals surface area contributed by atoms with E-state index in [1.807, 2.05) is 35.2 Å². The highest BCUT2D eigenvalue weighted by Gasteiger charge is 2.36. The van der Waals surface area contributed by atoms with Crippen molar-refractivity contribution in [3.05, 3.63) is 53.3 Å². The number of benzene rings is 1. The maximum absolute atomic E-state index is 13.5. The van der Waals surface area contributed by atoms with Crippen LogP contribution in [0.2, 0.25) is 0 Å². The highest BCUT2D eigenvalue weighted by atomic mass is 16.2. The van der Waals surface area contributed by atoms with Crippen LogP contribution in [-0.4, -0.2) is 62.5 Å². The van der Waals surface area contributed by atoms with Gasteiger partial charge in [0.25, 0.3) is 11.8 Å². The Labute approximate surface area is 206 Å². The number of aromatic nitrogens is 2. The normalized spacial score (nSPS) is 21.4. The molecule has 2 fully saturated rings. The minimum atomic E-state index is -0.468. The van der Waals surface area contributed by atoms with Crippen LogP contribution in [0.25, 0.3) is 0 Å². The van der Waals surface area contributed by atoms with Crippen LogP contribution in [0.1, 0.15) is 84.3 Å². The van der Waals surface area contributed by atoms with Crippen LogP contribution >= 0.6 is 0 Å². The number of rotatable bonds is 5. The fraction of sp³-hybridized carbons (Fsp3) is 0.556. The average molecular weight is 478 g/mol. The second-order valence-electron chi connectivity index (χ2n) is 10.1. The van der Waals surface area contributed by atoms with Crippen LogP contribution < -0.4 is 5.32 Å². The second kappa shape index (κ2) is 10.6. The van der Waals surface area contributed by atoms with Crippen LogP contribution in [0.3, 0.4) is 0 Å². The smallest absolute Gasteiger partial charge is 0.275 e. The van der Waals surface area contributed by atoms with E-state index in [9.17, 15) is 14.4 Å². The van der Waals surface area contributed by atoms with Crippen LogP contribution in [0.15, 0.2) is 36.4 Å². The van der Waals surface area contributed by atoms with Crippen molar-refractivity contribution in [2.24, 2.45) is 0 Å². The predicted molar refractivity (Wildman–Crippen MR) is 132 cm³/mol. The lowest BCUT2D eigenvalue weighted by atomic mass is 9.94. The molecular weight excluding hydrogens is 442 g/mol. The number of hydrogen-bond acceptors (Lipinski definition) is 4. The fourth-order valence-corrected chi connectivity index (χ4v) is 5.63. The van der Waals surface area contributed by atoms with E-state index in [0.29, 0.717) is 38.3 Å². The quantitative estimate of drug-likeness (QED) is 0.715. The van der Waals surface area contributed by atoms with E-state index in [0.717, 1.165) is 50.5 Å². The summed E-state index contributed by atoms with van der Waals surface area (Å²) in [6, 6.07) is 11.3. The van der Waals surface area contributed by atoms with Gasteiger partial charge in [-0.1, -0.05) is 49.6 Å². The number of hydrogen-bond donors (Lipinski definition) is 1.